The molecule has 5 heteroatoms. The van der Waals surface area contributed by atoms with Crippen LogP contribution < -0.4 is 5.32 Å². The molecule has 2 rings (SSSR count). The van der Waals surface area contributed by atoms with Crippen molar-refractivity contribution in [3.8, 4) is 0 Å². The zero-order valence-corrected chi connectivity index (χ0v) is 11.3. The minimum atomic E-state index is -0.872. The number of ketones is 2. The molecule has 0 aromatic heterocycles. The minimum Gasteiger partial charge on any atom is -0.506 e. The van der Waals surface area contributed by atoms with Gasteiger partial charge in [-0.2, -0.15) is 0 Å². The summed E-state index contributed by atoms with van der Waals surface area (Å²) >= 11 is 0. The highest BCUT2D eigenvalue weighted by Gasteiger charge is 2.42. The van der Waals surface area contributed by atoms with Crippen LogP contribution in [0.4, 0.5) is 0 Å². The van der Waals surface area contributed by atoms with Crippen LogP contribution in [0, 0.1) is 0 Å². The summed E-state index contributed by atoms with van der Waals surface area (Å²) in [6, 6.07) is 0. The van der Waals surface area contributed by atoms with Gasteiger partial charge in [0.2, 0.25) is 11.6 Å². The van der Waals surface area contributed by atoms with Gasteiger partial charge in [-0.05, 0) is 13.3 Å². The van der Waals surface area contributed by atoms with Gasteiger partial charge in [0.05, 0.1) is 11.1 Å². The number of carbonyl (C=O) groups excluding carboxylic acids is 3. The second kappa shape index (κ2) is 5.28. The van der Waals surface area contributed by atoms with Crippen LogP contribution >= 0.6 is 0 Å². The maximum atomic E-state index is 12.0. The SMILES string of the molecule is CC=C1NC(=O)C2=C1C(O)=C(C=CCCC)C(=O)C2=O. The standard InChI is InChI=1S/C15H15NO4/c1-3-5-6-7-8-12(17)10-9(4-2)16-15(20)11(10)14(19)13(8)18/h4,6-7,17H,3,5H2,1-2H3,(H,16,20). The summed E-state index contributed by atoms with van der Waals surface area (Å²) < 4.78 is 0. The van der Waals surface area contributed by atoms with Gasteiger partial charge in [0.1, 0.15) is 11.3 Å². The van der Waals surface area contributed by atoms with Crippen LogP contribution in [0.1, 0.15) is 26.7 Å². The van der Waals surface area contributed by atoms with E-state index in [1.54, 1.807) is 19.1 Å². The molecule has 2 N–H and O–H groups in total. The lowest BCUT2D eigenvalue weighted by atomic mass is 9.88. The molecule has 0 fully saturated rings. The molecule has 0 bridgehead atoms. The average molecular weight is 273 g/mol. The monoisotopic (exact) mass is 273 g/mol. The van der Waals surface area contributed by atoms with Gasteiger partial charge in [0, 0.05) is 5.70 Å². The first kappa shape index (κ1) is 14.0. The molecule has 0 spiro atoms. The molecule has 2 aliphatic rings. The Bertz CT molecular complexity index is 632. The number of hydrogen-bond acceptors (Lipinski definition) is 4. The summed E-state index contributed by atoms with van der Waals surface area (Å²) in [6.45, 7) is 3.65. The van der Waals surface area contributed by atoms with Crippen molar-refractivity contribution in [2.45, 2.75) is 26.7 Å². The summed E-state index contributed by atoms with van der Waals surface area (Å²) in [4.78, 5) is 35.7. The van der Waals surface area contributed by atoms with Crippen molar-refractivity contribution in [3.05, 3.63) is 46.4 Å². The molecule has 1 aliphatic carbocycles. The molecule has 1 aliphatic heterocycles. The van der Waals surface area contributed by atoms with E-state index in [4.69, 9.17) is 0 Å². The number of aliphatic hydroxyl groups excluding tert-OH is 1. The van der Waals surface area contributed by atoms with E-state index in [9.17, 15) is 19.5 Å². The van der Waals surface area contributed by atoms with Gasteiger partial charge in [-0.1, -0.05) is 31.6 Å². The van der Waals surface area contributed by atoms with Crippen LogP contribution in [0.15, 0.2) is 46.4 Å². The topological polar surface area (TPSA) is 83.5 Å². The van der Waals surface area contributed by atoms with E-state index in [0.29, 0.717) is 5.70 Å². The van der Waals surface area contributed by atoms with E-state index in [2.05, 4.69) is 5.32 Å². The lowest BCUT2D eigenvalue weighted by Crippen LogP contribution is -2.28. The predicted octanol–water partition coefficient (Wildman–Crippen LogP) is 1.64. The van der Waals surface area contributed by atoms with Crippen LogP contribution in [0.2, 0.25) is 0 Å². The van der Waals surface area contributed by atoms with E-state index in [1.807, 2.05) is 6.92 Å². The molecule has 104 valence electrons. The second-order valence-electron chi connectivity index (χ2n) is 4.52. The molecular weight excluding hydrogens is 258 g/mol. The van der Waals surface area contributed by atoms with Crippen LogP contribution in [-0.2, 0) is 14.4 Å². The van der Waals surface area contributed by atoms with Gasteiger partial charge in [-0.25, -0.2) is 0 Å². The Morgan fingerprint density at radius 2 is 1.85 bits per heavy atom. The second-order valence-corrected chi connectivity index (χ2v) is 4.52. The molecule has 5 nitrogen and oxygen atoms in total. The van der Waals surface area contributed by atoms with Gasteiger partial charge >= 0.3 is 0 Å². The van der Waals surface area contributed by atoms with Crippen LogP contribution in [0.5, 0.6) is 0 Å². The Hall–Kier alpha value is -2.43. The van der Waals surface area contributed by atoms with Crippen molar-refractivity contribution in [1.29, 1.82) is 0 Å². The number of amides is 1. The Morgan fingerprint density at radius 3 is 2.45 bits per heavy atom. The van der Waals surface area contributed by atoms with Crippen molar-refractivity contribution < 1.29 is 19.5 Å². The van der Waals surface area contributed by atoms with E-state index >= 15 is 0 Å². The molecule has 0 saturated heterocycles. The van der Waals surface area contributed by atoms with Gasteiger partial charge in [0.25, 0.3) is 5.91 Å². The van der Waals surface area contributed by atoms with Gasteiger partial charge in [-0.15, -0.1) is 0 Å². The molecule has 1 heterocycles. The van der Waals surface area contributed by atoms with Crippen molar-refractivity contribution >= 4 is 17.5 Å². The molecule has 1 amide bonds. The lowest BCUT2D eigenvalue weighted by molar-refractivity contribution is -0.133. The highest BCUT2D eigenvalue weighted by atomic mass is 16.3. The number of aliphatic hydroxyl groups is 1. The fourth-order valence-corrected chi connectivity index (χ4v) is 2.18. The number of hydrogen-bond donors (Lipinski definition) is 2. The Kier molecular flexibility index (Phi) is 3.70. The fourth-order valence-electron chi connectivity index (χ4n) is 2.18. The summed E-state index contributed by atoms with van der Waals surface area (Å²) in [7, 11) is 0. The first-order valence-corrected chi connectivity index (χ1v) is 6.44. The summed E-state index contributed by atoms with van der Waals surface area (Å²) in [6.07, 6.45) is 6.37. The van der Waals surface area contributed by atoms with E-state index in [-0.39, 0.29) is 22.5 Å². The third-order valence-electron chi connectivity index (χ3n) is 3.19. The first-order chi connectivity index (χ1) is 9.52. The normalized spacial score (nSPS) is 21.3. The van der Waals surface area contributed by atoms with Gasteiger partial charge < -0.3 is 10.4 Å². The molecule has 0 radical (unpaired) electrons. The van der Waals surface area contributed by atoms with E-state index in [1.165, 1.54) is 6.08 Å². The molecular formula is C15H15NO4. The van der Waals surface area contributed by atoms with Crippen LogP contribution in [0.25, 0.3) is 0 Å². The van der Waals surface area contributed by atoms with Crippen molar-refractivity contribution in [3.63, 3.8) is 0 Å². The fraction of sp³-hybridized carbons (Fsp3) is 0.267. The maximum absolute atomic E-state index is 12.0. The smallest absolute Gasteiger partial charge is 0.260 e. The largest absolute Gasteiger partial charge is 0.506 e. The number of carbonyl (C=O) groups is 3. The molecule has 20 heavy (non-hydrogen) atoms. The number of Topliss-reactive ketones (excluding diaryl/α,β-unsaturated/α-hetero) is 2. The zero-order valence-electron chi connectivity index (χ0n) is 11.3. The Balaban J connectivity index is 2.59. The van der Waals surface area contributed by atoms with Crippen LogP contribution in [-0.4, -0.2) is 22.6 Å². The van der Waals surface area contributed by atoms with Crippen molar-refractivity contribution in [2.75, 3.05) is 0 Å². The lowest BCUT2D eigenvalue weighted by Gasteiger charge is -2.13. The average Bonchev–Trinajstić information content (AvgIpc) is 2.77. The van der Waals surface area contributed by atoms with E-state index in [0.717, 1.165) is 12.8 Å². The highest BCUT2D eigenvalue weighted by molar-refractivity contribution is 6.56. The Morgan fingerprint density at radius 1 is 1.15 bits per heavy atom. The summed E-state index contributed by atoms with van der Waals surface area (Å²) in [5, 5.41) is 12.7. The molecule has 0 saturated carbocycles. The molecule has 0 aromatic rings. The Labute approximate surface area is 116 Å². The molecule has 0 aromatic carbocycles. The minimum absolute atomic E-state index is 0.0574. The molecule has 0 atom stereocenters. The number of nitrogens with one attached hydrogen (secondary N) is 1. The van der Waals surface area contributed by atoms with Crippen molar-refractivity contribution in [2.24, 2.45) is 0 Å². The zero-order chi connectivity index (χ0) is 14.9. The van der Waals surface area contributed by atoms with Gasteiger partial charge in [0.15, 0.2) is 0 Å². The molecule has 0 unspecified atom stereocenters. The van der Waals surface area contributed by atoms with Crippen LogP contribution in [0.3, 0.4) is 0 Å². The van der Waals surface area contributed by atoms with Crippen molar-refractivity contribution in [1.82, 2.24) is 5.32 Å². The summed E-state index contributed by atoms with van der Waals surface area (Å²) in [5.41, 5.74) is 0.147. The third-order valence-corrected chi connectivity index (χ3v) is 3.19. The number of rotatable bonds is 3. The van der Waals surface area contributed by atoms with E-state index < -0.39 is 17.5 Å². The third kappa shape index (κ3) is 2.01. The van der Waals surface area contributed by atoms with Gasteiger partial charge in [-0.3, -0.25) is 14.4 Å². The number of unbranched alkanes of at least 4 members (excludes halogenated alkanes) is 1. The predicted molar refractivity (Wildman–Crippen MR) is 72.6 cm³/mol. The number of allylic oxidation sites excluding steroid dienone is 4. The summed E-state index contributed by atoms with van der Waals surface area (Å²) in [5.74, 6) is -2.68. The quantitative estimate of drug-likeness (QED) is 0.465. The first-order valence-electron chi connectivity index (χ1n) is 6.44. The highest BCUT2D eigenvalue weighted by Crippen LogP contribution is 2.33. The maximum Gasteiger partial charge on any atom is 0.260 e.